The third-order valence-corrected chi connectivity index (χ3v) is 6.72. The maximum absolute atomic E-state index is 12.3. The van der Waals surface area contributed by atoms with E-state index in [0.29, 0.717) is 6.42 Å². The summed E-state index contributed by atoms with van der Waals surface area (Å²) in [6, 6.07) is 4.96. The summed E-state index contributed by atoms with van der Waals surface area (Å²) in [7, 11) is -5.95. The first-order chi connectivity index (χ1) is 10.2. The molecule has 2 unspecified atom stereocenters. The van der Waals surface area contributed by atoms with Crippen molar-refractivity contribution in [3.8, 4) is 0 Å². The van der Waals surface area contributed by atoms with Crippen molar-refractivity contribution < 1.29 is 16.8 Å². The molecule has 1 aromatic rings. The average molecular weight is 347 g/mol. The van der Waals surface area contributed by atoms with Crippen molar-refractivity contribution in [1.82, 2.24) is 9.44 Å². The highest BCUT2D eigenvalue weighted by atomic mass is 32.2. The van der Waals surface area contributed by atoms with Crippen LogP contribution in [-0.2, 0) is 20.0 Å². The van der Waals surface area contributed by atoms with Gasteiger partial charge in [0.1, 0.15) is 0 Å². The first-order valence-electron chi connectivity index (χ1n) is 7.06. The Kier molecular flexibility index (Phi) is 5.23. The van der Waals surface area contributed by atoms with E-state index < -0.39 is 20.0 Å². The number of hydrogen-bond acceptors (Lipinski definition) is 5. The molecule has 0 bridgehead atoms. The smallest absolute Gasteiger partial charge is 0.240 e. The topological polar surface area (TPSA) is 118 Å². The lowest BCUT2D eigenvalue weighted by atomic mass is 9.92. The molecule has 0 saturated heterocycles. The third kappa shape index (κ3) is 4.05. The van der Waals surface area contributed by atoms with E-state index in [0.717, 1.165) is 19.3 Å². The van der Waals surface area contributed by atoms with E-state index in [1.165, 1.54) is 31.3 Å². The van der Waals surface area contributed by atoms with E-state index in [4.69, 9.17) is 5.73 Å². The van der Waals surface area contributed by atoms with Gasteiger partial charge in [0.25, 0.3) is 0 Å². The molecule has 1 aliphatic rings. The first kappa shape index (κ1) is 17.4. The van der Waals surface area contributed by atoms with Crippen molar-refractivity contribution in [1.29, 1.82) is 0 Å². The summed E-state index contributed by atoms with van der Waals surface area (Å²) in [5.74, 6) is 0. The van der Waals surface area contributed by atoms with Gasteiger partial charge in [0.05, 0.1) is 9.79 Å². The molecule has 2 rings (SSSR count). The van der Waals surface area contributed by atoms with Gasteiger partial charge in [-0.05, 0) is 50.6 Å². The van der Waals surface area contributed by atoms with Crippen molar-refractivity contribution in [2.45, 2.75) is 47.6 Å². The molecule has 4 N–H and O–H groups in total. The third-order valence-electron chi connectivity index (χ3n) is 3.75. The lowest BCUT2D eigenvalue weighted by Gasteiger charge is -2.27. The van der Waals surface area contributed by atoms with Crippen LogP contribution in [0.5, 0.6) is 0 Å². The van der Waals surface area contributed by atoms with E-state index in [9.17, 15) is 16.8 Å². The van der Waals surface area contributed by atoms with Gasteiger partial charge < -0.3 is 5.73 Å². The Labute approximate surface area is 131 Å². The molecule has 0 radical (unpaired) electrons. The summed E-state index contributed by atoms with van der Waals surface area (Å²) in [5, 5.41) is 0. The van der Waals surface area contributed by atoms with E-state index in [1.807, 2.05) is 0 Å². The van der Waals surface area contributed by atoms with Crippen LogP contribution < -0.4 is 15.2 Å². The Morgan fingerprint density at radius 2 is 1.55 bits per heavy atom. The molecule has 1 aliphatic carbocycles. The van der Waals surface area contributed by atoms with Gasteiger partial charge in [-0.25, -0.2) is 26.3 Å². The zero-order valence-electron chi connectivity index (χ0n) is 12.3. The van der Waals surface area contributed by atoms with Crippen LogP contribution in [0.3, 0.4) is 0 Å². The predicted molar refractivity (Wildman–Crippen MR) is 83.2 cm³/mol. The van der Waals surface area contributed by atoms with Crippen LogP contribution in [-0.4, -0.2) is 36.0 Å². The monoisotopic (exact) mass is 347 g/mol. The van der Waals surface area contributed by atoms with E-state index in [1.54, 1.807) is 0 Å². The second kappa shape index (κ2) is 6.63. The molecule has 0 heterocycles. The summed E-state index contributed by atoms with van der Waals surface area (Å²) in [6.45, 7) is 0. The molecule has 7 nitrogen and oxygen atoms in total. The van der Waals surface area contributed by atoms with Crippen LogP contribution in [0.15, 0.2) is 34.1 Å². The number of nitrogens with one attached hydrogen (secondary N) is 2. The van der Waals surface area contributed by atoms with E-state index in [2.05, 4.69) is 9.44 Å². The van der Waals surface area contributed by atoms with Crippen molar-refractivity contribution >= 4 is 20.0 Å². The first-order valence-corrected chi connectivity index (χ1v) is 10.0. The van der Waals surface area contributed by atoms with Crippen molar-refractivity contribution in [3.63, 3.8) is 0 Å². The van der Waals surface area contributed by atoms with Gasteiger partial charge in [0, 0.05) is 12.1 Å². The van der Waals surface area contributed by atoms with Gasteiger partial charge in [-0.15, -0.1) is 0 Å². The molecular weight excluding hydrogens is 326 g/mol. The minimum Gasteiger partial charge on any atom is -0.328 e. The Balaban J connectivity index is 2.16. The predicted octanol–water partition coefficient (Wildman–Crippen LogP) is 0.143. The van der Waals surface area contributed by atoms with Crippen molar-refractivity contribution in [2.24, 2.45) is 5.73 Å². The quantitative estimate of drug-likeness (QED) is 0.700. The highest BCUT2D eigenvalue weighted by molar-refractivity contribution is 7.90. The summed E-state index contributed by atoms with van der Waals surface area (Å²) in [5.41, 5.74) is 5.86. The number of rotatable bonds is 5. The molecule has 1 saturated carbocycles. The van der Waals surface area contributed by atoms with Crippen LogP contribution in [0.25, 0.3) is 0 Å². The number of sulfonamides is 2. The van der Waals surface area contributed by atoms with Gasteiger partial charge in [0.15, 0.2) is 0 Å². The van der Waals surface area contributed by atoms with Crippen LogP contribution in [0.1, 0.15) is 25.7 Å². The highest BCUT2D eigenvalue weighted by Gasteiger charge is 2.25. The number of benzene rings is 1. The summed E-state index contributed by atoms with van der Waals surface area (Å²) >= 11 is 0. The van der Waals surface area contributed by atoms with Gasteiger partial charge in [-0.3, -0.25) is 0 Å². The van der Waals surface area contributed by atoms with Gasteiger partial charge in [-0.1, -0.05) is 6.42 Å². The number of hydrogen-bond donors (Lipinski definition) is 3. The molecule has 124 valence electrons. The van der Waals surface area contributed by atoms with Crippen molar-refractivity contribution in [2.75, 3.05) is 7.05 Å². The fourth-order valence-corrected chi connectivity index (χ4v) is 4.55. The maximum atomic E-state index is 12.3. The van der Waals surface area contributed by atoms with Crippen LogP contribution >= 0.6 is 0 Å². The van der Waals surface area contributed by atoms with Gasteiger partial charge >= 0.3 is 0 Å². The highest BCUT2D eigenvalue weighted by Crippen LogP contribution is 2.20. The fourth-order valence-electron chi connectivity index (χ4n) is 2.54. The Morgan fingerprint density at radius 3 is 2.05 bits per heavy atom. The second-order valence-corrected chi connectivity index (χ2v) is 9.02. The second-order valence-electron chi connectivity index (χ2n) is 5.42. The van der Waals surface area contributed by atoms with Gasteiger partial charge in [-0.2, -0.15) is 0 Å². The Morgan fingerprint density at radius 1 is 1.00 bits per heavy atom. The summed E-state index contributed by atoms with van der Waals surface area (Å²) < 4.78 is 52.7. The summed E-state index contributed by atoms with van der Waals surface area (Å²) in [6.07, 6.45) is 3.19. The molecule has 2 atom stereocenters. The van der Waals surface area contributed by atoms with Crippen LogP contribution in [0, 0.1) is 0 Å². The molecule has 22 heavy (non-hydrogen) atoms. The minimum absolute atomic E-state index is 0.0181. The van der Waals surface area contributed by atoms with Crippen LogP contribution in [0.2, 0.25) is 0 Å². The summed E-state index contributed by atoms with van der Waals surface area (Å²) in [4.78, 5) is 0.0651. The fraction of sp³-hybridized carbons (Fsp3) is 0.538. The molecule has 0 amide bonds. The molecular formula is C13H21N3O4S2. The maximum Gasteiger partial charge on any atom is 0.240 e. The lowest BCUT2D eigenvalue weighted by Crippen LogP contribution is -2.42. The van der Waals surface area contributed by atoms with Crippen molar-refractivity contribution in [3.05, 3.63) is 24.3 Å². The number of nitrogens with two attached hydrogens (primary N) is 1. The normalized spacial score (nSPS) is 23.4. The zero-order valence-corrected chi connectivity index (χ0v) is 14.0. The van der Waals surface area contributed by atoms with E-state index >= 15 is 0 Å². The largest absolute Gasteiger partial charge is 0.328 e. The lowest BCUT2D eigenvalue weighted by molar-refractivity contribution is 0.371. The van der Waals surface area contributed by atoms with Gasteiger partial charge in [0.2, 0.25) is 20.0 Å². The minimum atomic E-state index is -3.67. The molecule has 9 heteroatoms. The van der Waals surface area contributed by atoms with E-state index in [-0.39, 0.29) is 21.9 Å². The zero-order chi connectivity index (χ0) is 16.4. The Bertz CT molecular complexity index is 714. The molecule has 0 spiro atoms. The molecule has 1 aromatic carbocycles. The molecule has 0 aromatic heterocycles. The standard InChI is InChI=1S/C13H21N3O4S2/c1-15-21(17,18)12-5-7-13(8-6-12)22(19,20)16-11-4-2-3-10(14)9-11/h5-8,10-11,15-16H,2-4,9,14H2,1H3. The molecule has 1 fully saturated rings. The molecule has 0 aliphatic heterocycles. The Hall–Kier alpha value is -1.00. The SMILES string of the molecule is CNS(=O)(=O)c1ccc(S(=O)(=O)NC2CCCC(N)C2)cc1. The van der Waals surface area contributed by atoms with Crippen LogP contribution in [0.4, 0.5) is 0 Å². The average Bonchev–Trinajstić information content (AvgIpc) is 2.47.